The molecule has 90 valence electrons. The Morgan fingerprint density at radius 1 is 1.56 bits per heavy atom. The maximum absolute atomic E-state index is 11.3. The Hall–Kier alpha value is 0.250. The van der Waals surface area contributed by atoms with Crippen molar-refractivity contribution in [1.29, 1.82) is 0 Å². The van der Waals surface area contributed by atoms with E-state index in [1.165, 1.54) is 16.7 Å². The monoisotopic (exact) mass is 320 g/mol. The normalized spacial score (nSPS) is 16.8. The van der Waals surface area contributed by atoms with Crippen LogP contribution in [-0.4, -0.2) is 43.7 Å². The molecule has 4 nitrogen and oxygen atoms in total. The summed E-state index contributed by atoms with van der Waals surface area (Å²) in [5.41, 5.74) is 0. The van der Waals surface area contributed by atoms with E-state index in [1.807, 2.05) is 0 Å². The van der Waals surface area contributed by atoms with Gasteiger partial charge in [-0.05, 0) is 0 Å². The second-order valence-corrected chi connectivity index (χ2v) is 6.74. The van der Waals surface area contributed by atoms with Gasteiger partial charge in [0.15, 0.2) is 0 Å². The van der Waals surface area contributed by atoms with Crippen molar-refractivity contribution in [2.24, 2.45) is 0 Å². The number of hydrogen-bond donors (Lipinski definition) is 1. The number of thioether (sulfide) groups is 1. The van der Waals surface area contributed by atoms with Gasteiger partial charge in [-0.25, -0.2) is 0 Å². The molecule has 0 aromatic carbocycles. The van der Waals surface area contributed by atoms with Crippen molar-refractivity contribution in [1.82, 2.24) is 10.2 Å². The maximum atomic E-state index is 11.3. The average Bonchev–Trinajstić information content (AvgIpc) is 2.47. The second kappa shape index (κ2) is 5.73. The Morgan fingerprint density at radius 3 is 2.62 bits per heavy atom. The molecule has 1 saturated heterocycles. The number of carbonyl (C=O) groups excluding carboxylic acids is 2. The lowest BCUT2D eigenvalue weighted by atomic mass is 10.5. The van der Waals surface area contributed by atoms with Crippen molar-refractivity contribution in [3.05, 3.63) is 0 Å². The number of amides is 2. The fourth-order valence-corrected chi connectivity index (χ4v) is 2.30. The van der Waals surface area contributed by atoms with E-state index in [1.54, 1.807) is 0 Å². The van der Waals surface area contributed by atoms with Gasteiger partial charge < -0.3 is 5.32 Å². The number of carbonyl (C=O) groups is 2. The van der Waals surface area contributed by atoms with Crippen molar-refractivity contribution < 1.29 is 9.59 Å². The van der Waals surface area contributed by atoms with E-state index < -0.39 is 9.70 Å². The van der Waals surface area contributed by atoms with Gasteiger partial charge in [0.2, 0.25) is 5.91 Å². The van der Waals surface area contributed by atoms with Crippen molar-refractivity contribution in [3.8, 4) is 0 Å². The van der Waals surface area contributed by atoms with E-state index in [0.717, 1.165) is 0 Å². The summed E-state index contributed by atoms with van der Waals surface area (Å²) in [7, 11) is 0. The summed E-state index contributed by atoms with van der Waals surface area (Å²) in [6, 6.07) is 0. The summed E-state index contributed by atoms with van der Waals surface area (Å²) in [4.78, 5) is 23.9. The predicted molar refractivity (Wildman–Crippen MR) is 70.1 cm³/mol. The Morgan fingerprint density at radius 2 is 2.19 bits per heavy atom. The summed E-state index contributed by atoms with van der Waals surface area (Å²) in [6.45, 7) is 0.482. The van der Waals surface area contributed by atoms with Crippen LogP contribution in [0.15, 0.2) is 0 Å². The van der Waals surface area contributed by atoms with Gasteiger partial charge >= 0.3 is 0 Å². The van der Waals surface area contributed by atoms with Gasteiger partial charge in [0.25, 0.3) is 9.70 Å². The van der Waals surface area contributed by atoms with Gasteiger partial charge in [-0.2, -0.15) is 0 Å². The zero-order chi connectivity index (χ0) is 12.3. The van der Waals surface area contributed by atoms with Crippen LogP contribution in [0, 0.1) is 0 Å². The van der Waals surface area contributed by atoms with Gasteiger partial charge in [-0.1, -0.05) is 58.8 Å². The third kappa shape index (κ3) is 3.92. The number of alkyl halides is 3. The first-order valence-corrected chi connectivity index (χ1v) is 6.67. The van der Waals surface area contributed by atoms with Crippen LogP contribution >= 0.6 is 58.8 Å². The van der Waals surface area contributed by atoms with Crippen molar-refractivity contribution in [3.63, 3.8) is 0 Å². The number of nitrogens with zero attached hydrogens (tertiary/aromatic N) is 1. The lowest BCUT2D eigenvalue weighted by Gasteiger charge is -2.16. The zero-order valence-electron chi connectivity index (χ0n) is 7.84. The molecule has 2 amide bonds. The highest BCUT2D eigenvalue weighted by atomic mass is 35.6. The highest BCUT2D eigenvalue weighted by Gasteiger charge is 2.31. The highest BCUT2D eigenvalue weighted by molar-refractivity contribution is 8.23. The zero-order valence-corrected chi connectivity index (χ0v) is 11.7. The Kier molecular flexibility index (Phi) is 5.12. The number of thiocarbonyl (C=S) groups is 1. The SMILES string of the molecule is O=C1CSC(=S)N1CCNC(=O)C(Cl)(Cl)Cl. The molecule has 0 saturated carbocycles. The molecule has 0 unspecified atom stereocenters. The van der Waals surface area contributed by atoms with Gasteiger partial charge in [0.05, 0.1) is 5.75 Å². The summed E-state index contributed by atoms with van der Waals surface area (Å²) in [6.07, 6.45) is 0. The number of nitrogens with one attached hydrogen (secondary N) is 1. The minimum absolute atomic E-state index is 0.0712. The number of halogens is 3. The van der Waals surface area contributed by atoms with Crippen LogP contribution < -0.4 is 5.32 Å². The van der Waals surface area contributed by atoms with Crippen molar-refractivity contribution in [2.75, 3.05) is 18.8 Å². The molecule has 9 heteroatoms. The Balaban J connectivity index is 2.33. The number of rotatable bonds is 3. The lowest BCUT2D eigenvalue weighted by molar-refractivity contribution is -0.125. The minimum Gasteiger partial charge on any atom is -0.351 e. The van der Waals surface area contributed by atoms with Crippen LogP contribution in [0.4, 0.5) is 0 Å². The minimum atomic E-state index is -1.98. The fourth-order valence-electron chi connectivity index (χ4n) is 0.979. The van der Waals surface area contributed by atoms with Crippen LogP contribution in [0.25, 0.3) is 0 Å². The Bertz CT molecular complexity index is 316. The van der Waals surface area contributed by atoms with Crippen LogP contribution in [-0.2, 0) is 9.59 Å². The van der Waals surface area contributed by atoms with Crippen molar-refractivity contribution in [2.45, 2.75) is 3.79 Å². The van der Waals surface area contributed by atoms with Crippen LogP contribution in [0.2, 0.25) is 0 Å². The highest BCUT2D eigenvalue weighted by Crippen LogP contribution is 2.25. The maximum Gasteiger partial charge on any atom is 0.272 e. The summed E-state index contributed by atoms with van der Waals surface area (Å²) >= 11 is 22.3. The first-order valence-electron chi connectivity index (χ1n) is 4.14. The smallest absolute Gasteiger partial charge is 0.272 e. The molecular weight excluding hydrogens is 315 g/mol. The quantitative estimate of drug-likeness (QED) is 0.629. The topological polar surface area (TPSA) is 49.4 Å². The van der Waals surface area contributed by atoms with E-state index in [4.69, 9.17) is 47.0 Å². The summed E-state index contributed by atoms with van der Waals surface area (Å²) in [5, 5.41) is 2.39. The molecule has 0 bridgehead atoms. The van der Waals surface area contributed by atoms with Crippen LogP contribution in [0.3, 0.4) is 0 Å². The first kappa shape index (κ1) is 14.3. The lowest BCUT2D eigenvalue weighted by Crippen LogP contribution is -2.41. The second-order valence-electron chi connectivity index (χ2n) is 2.85. The molecule has 16 heavy (non-hydrogen) atoms. The third-order valence-electron chi connectivity index (χ3n) is 1.72. The van der Waals surface area contributed by atoms with E-state index in [2.05, 4.69) is 5.32 Å². The molecule has 1 aliphatic rings. The van der Waals surface area contributed by atoms with E-state index in [0.29, 0.717) is 10.1 Å². The van der Waals surface area contributed by atoms with E-state index in [9.17, 15) is 9.59 Å². The van der Waals surface area contributed by atoms with Crippen LogP contribution in [0.1, 0.15) is 0 Å². The molecule has 0 atom stereocenters. The molecular formula is C7H7Cl3N2O2S2. The molecule has 1 fully saturated rings. The van der Waals surface area contributed by atoms with E-state index in [-0.39, 0.29) is 19.0 Å². The first-order chi connectivity index (χ1) is 7.32. The molecule has 0 radical (unpaired) electrons. The average molecular weight is 322 g/mol. The molecule has 0 spiro atoms. The largest absolute Gasteiger partial charge is 0.351 e. The molecule has 0 aromatic heterocycles. The fraction of sp³-hybridized carbons (Fsp3) is 0.571. The Labute approximate surface area is 117 Å². The van der Waals surface area contributed by atoms with Crippen LogP contribution in [0.5, 0.6) is 0 Å². The molecule has 1 rings (SSSR count). The summed E-state index contributed by atoms with van der Waals surface area (Å²) < 4.78 is -1.47. The van der Waals surface area contributed by atoms with Crippen molar-refractivity contribution >= 4 is 74.9 Å². The summed E-state index contributed by atoms with van der Waals surface area (Å²) in [5.74, 6) is -0.446. The molecule has 1 N–H and O–H groups in total. The molecule has 0 aromatic rings. The van der Waals surface area contributed by atoms with Gasteiger partial charge in [0.1, 0.15) is 4.32 Å². The molecule has 1 aliphatic heterocycles. The standard InChI is InChI=1S/C7H7Cl3N2O2S2/c8-7(9,10)5(14)11-1-2-12-4(13)3-16-6(12)15/h1-3H2,(H,11,14). The third-order valence-corrected chi connectivity index (χ3v) is 3.67. The molecule has 1 heterocycles. The number of hydrogen-bond acceptors (Lipinski definition) is 4. The van der Waals surface area contributed by atoms with Gasteiger partial charge in [-0.3, -0.25) is 14.5 Å². The van der Waals surface area contributed by atoms with E-state index >= 15 is 0 Å². The predicted octanol–water partition coefficient (Wildman–Crippen LogP) is 1.33. The molecule has 0 aliphatic carbocycles. The van der Waals surface area contributed by atoms with Gasteiger partial charge in [0, 0.05) is 13.1 Å². The van der Waals surface area contributed by atoms with Gasteiger partial charge in [-0.15, -0.1) is 0 Å².